The van der Waals surface area contributed by atoms with Gasteiger partial charge in [0.25, 0.3) is 5.91 Å². The van der Waals surface area contributed by atoms with Crippen molar-refractivity contribution in [3.8, 4) is 34.2 Å². The average molecular weight is 517 g/mol. The second-order valence-electron chi connectivity index (χ2n) is 8.78. The SMILES string of the molecule is O=C(NN=Cc1cn(-c2ccccc2)nc1-c1ccc(OCc2ccccc2)cc1)c1ccc2c(c1)OCO2. The summed E-state index contributed by atoms with van der Waals surface area (Å²) < 4.78 is 18.4. The summed E-state index contributed by atoms with van der Waals surface area (Å²) in [5, 5.41) is 9.02. The van der Waals surface area contributed by atoms with Crippen LogP contribution in [0, 0.1) is 0 Å². The zero-order valence-electron chi connectivity index (χ0n) is 20.9. The lowest BCUT2D eigenvalue weighted by atomic mass is 10.1. The highest BCUT2D eigenvalue weighted by atomic mass is 16.7. The largest absolute Gasteiger partial charge is 0.489 e. The van der Waals surface area contributed by atoms with E-state index in [0.717, 1.165) is 33.8 Å². The van der Waals surface area contributed by atoms with Gasteiger partial charge in [0.05, 0.1) is 11.9 Å². The Morgan fingerprint density at radius 2 is 1.67 bits per heavy atom. The molecule has 1 amide bonds. The molecule has 0 saturated heterocycles. The Hall–Kier alpha value is -5.37. The number of aromatic nitrogens is 2. The molecule has 1 aliphatic rings. The molecular formula is C31H24N4O4. The number of benzene rings is 4. The third-order valence-corrected chi connectivity index (χ3v) is 6.14. The Morgan fingerprint density at radius 1 is 0.923 bits per heavy atom. The van der Waals surface area contributed by atoms with E-state index in [1.54, 1.807) is 29.1 Å². The van der Waals surface area contributed by atoms with Crippen LogP contribution in [0.2, 0.25) is 0 Å². The van der Waals surface area contributed by atoms with E-state index in [9.17, 15) is 4.79 Å². The minimum Gasteiger partial charge on any atom is -0.489 e. The van der Waals surface area contributed by atoms with Crippen molar-refractivity contribution in [2.24, 2.45) is 5.10 Å². The highest BCUT2D eigenvalue weighted by Crippen LogP contribution is 2.32. The minimum atomic E-state index is -0.360. The Balaban J connectivity index is 1.22. The first-order chi connectivity index (χ1) is 19.2. The first-order valence-corrected chi connectivity index (χ1v) is 12.4. The van der Waals surface area contributed by atoms with Gasteiger partial charge in [-0.25, -0.2) is 10.1 Å². The van der Waals surface area contributed by atoms with Crippen LogP contribution in [0.4, 0.5) is 0 Å². The van der Waals surface area contributed by atoms with Gasteiger partial charge in [-0.05, 0) is 60.2 Å². The van der Waals surface area contributed by atoms with Crippen molar-refractivity contribution >= 4 is 12.1 Å². The van der Waals surface area contributed by atoms with Crippen molar-refractivity contribution in [1.29, 1.82) is 0 Å². The second-order valence-corrected chi connectivity index (χ2v) is 8.78. The summed E-state index contributed by atoms with van der Waals surface area (Å²) in [7, 11) is 0. The molecular weight excluding hydrogens is 492 g/mol. The fourth-order valence-electron chi connectivity index (χ4n) is 4.13. The zero-order valence-corrected chi connectivity index (χ0v) is 20.9. The van der Waals surface area contributed by atoms with Gasteiger partial charge in [0.2, 0.25) is 6.79 Å². The molecule has 0 unspecified atom stereocenters. The molecule has 0 saturated carbocycles. The predicted octanol–water partition coefficient (Wildman–Crippen LogP) is 5.61. The minimum absolute atomic E-state index is 0.146. The number of hydrogen-bond donors (Lipinski definition) is 1. The molecule has 2 heterocycles. The standard InChI is InChI=1S/C31H24N4O4/c36-31(24-13-16-28-29(17-24)39-21-38-28)33-32-18-25-19-35(26-9-5-2-6-10-26)34-30(25)23-11-14-27(15-12-23)37-20-22-7-3-1-4-8-22/h1-19H,20-21H2,(H,33,36). The molecule has 0 fully saturated rings. The van der Waals surface area contributed by atoms with E-state index >= 15 is 0 Å². The van der Waals surface area contributed by atoms with Gasteiger partial charge in [0, 0.05) is 22.9 Å². The lowest BCUT2D eigenvalue weighted by Crippen LogP contribution is -2.17. The average Bonchev–Trinajstić information content (AvgIpc) is 3.64. The van der Waals surface area contributed by atoms with Gasteiger partial charge in [-0.2, -0.15) is 10.2 Å². The number of fused-ring (bicyclic) bond motifs is 1. The second kappa shape index (κ2) is 10.9. The number of amides is 1. The summed E-state index contributed by atoms with van der Waals surface area (Å²) in [5.41, 5.74) is 7.36. The molecule has 1 aliphatic heterocycles. The Morgan fingerprint density at radius 3 is 2.46 bits per heavy atom. The number of para-hydroxylation sites is 1. The lowest BCUT2D eigenvalue weighted by Gasteiger charge is -2.07. The van der Waals surface area contributed by atoms with Crippen LogP contribution in [0.1, 0.15) is 21.5 Å². The quantitative estimate of drug-likeness (QED) is 0.214. The molecule has 1 N–H and O–H groups in total. The maximum Gasteiger partial charge on any atom is 0.271 e. The van der Waals surface area contributed by atoms with Gasteiger partial charge < -0.3 is 14.2 Å². The number of carbonyl (C=O) groups excluding carboxylic acids is 1. The maximum absolute atomic E-state index is 12.7. The van der Waals surface area contributed by atoms with Gasteiger partial charge in [0.15, 0.2) is 11.5 Å². The number of hydrazone groups is 1. The molecule has 0 spiro atoms. The zero-order chi connectivity index (χ0) is 26.4. The Labute approximate surface area is 225 Å². The number of nitrogens with one attached hydrogen (secondary N) is 1. The first-order valence-electron chi connectivity index (χ1n) is 12.4. The van der Waals surface area contributed by atoms with Crippen molar-refractivity contribution in [2.75, 3.05) is 6.79 Å². The van der Waals surface area contributed by atoms with Crippen LogP contribution in [-0.4, -0.2) is 28.7 Å². The smallest absolute Gasteiger partial charge is 0.271 e. The van der Waals surface area contributed by atoms with E-state index in [1.165, 1.54) is 0 Å². The van der Waals surface area contributed by atoms with Crippen molar-refractivity contribution in [1.82, 2.24) is 15.2 Å². The maximum atomic E-state index is 12.7. The summed E-state index contributed by atoms with van der Waals surface area (Å²) in [6.45, 7) is 0.636. The molecule has 4 aromatic carbocycles. The van der Waals surface area contributed by atoms with Crippen LogP contribution >= 0.6 is 0 Å². The predicted molar refractivity (Wildman–Crippen MR) is 147 cm³/mol. The molecule has 39 heavy (non-hydrogen) atoms. The van der Waals surface area contributed by atoms with Crippen molar-refractivity contribution in [2.45, 2.75) is 6.61 Å². The molecule has 0 atom stereocenters. The van der Waals surface area contributed by atoms with E-state index in [-0.39, 0.29) is 12.7 Å². The molecule has 5 aromatic rings. The molecule has 0 aliphatic carbocycles. The van der Waals surface area contributed by atoms with Crippen molar-refractivity contribution in [3.63, 3.8) is 0 Å². The highest BCUT2D eigenvalue weighted by molar-refractivity contribution is 5.96. The third kappa shape index (κ3) is 5.50. The molecule has 1 aromatic heterocycles. The van der Waals surface area contributed by atoms with E-state index in [2.05, 4.69) is 10.5 Å². The summed E-state index contributed by atoms with van der Waals surface area (Å²) in [6, 6.07) is 32.6. The van der Waals surface area contributed by atoms with E-state index in [4.69, 9.17) is 19.3 Å². The fourth-order valence-corrected chi connectivity index (χ4v) is 4.13. The van der Waals surface area contributed by atoms with Crippen LogP contribution in [0.25, 0.3) is 16.9 Å². The topological polar surface area (TPSA) is 87.0 Å². The molecule has 8 heteroatoms. The van der Waals surface area contributed by atoms with E-state index in [0.29, 0.717) is 23.7 Å². The van der Waals surface area contributed by atoms with Gasteiger partial charge in [-0.1, -0.05) is 48.5 Å². The summed E-state index contributed by atoms with van der Waals surface area (Å²) >= 11 is 0. The van der Waals surface area contributed by atoms with Gasteiger partial charge in [0.1, 0.15) is 18.1 Å². The monoisotopic (exact) mass is 516 g/mol. The Bertz CT molecular complexity index is 1610. The van der Waals surface area contributed by atoms with Crippen molar-refractivity contribution in [3.05, 3.63) is 126 Å². The summed E-state index contributed by atoms with van der Waals surface area (Å²) in [4.78, 5) is 12.7. The number of carbonyl (C=O) groups is 1. The van der Waals surface area contributed by atoms with Crippen LogP contribution in [0.15, 0.2) is 114 Å². The van der Waals surface area contributed by atoms with Gasteiger partial charge >= 0.3 is 0 Å². The highest BCUT2D eigenvalue weighted by Gasteiger charge is 2.16. The summed E-state index contributed by atoms with van der Waals surface area (Å²) in [5.74, 6) is 1.55. The molecule has 8 nitrogen and oxygen atoms in total. The van der Waals surface area contributed by atoms with Gasteiger partial charge in [-0.3, -0.25) is 4.79 Å². The molecule has 0 bridgehead atoms. The van der Waals surface area contributed by atoms with E-state index < -0.39 is 0 Å². The van der Waals surface area contributed by atoms with Crippen LogP contribution in [0.3, 0.4) is 0 Å². The van der Waals surface area contributed by atoms with E-state index in [1.807, 2.05) is 91.1 Å². The third-order valence-electron chi connectivity index (χ3n) is 6.14. The van der Waals surface area contributed by atoms with Crippen LogP contribution in [-0.2, 0) is 6.61 Å². The number of hydrogen-bond acceptors (Lipinski definition) is 6. The molecule has 192 valence electrons. The first kappa shape index (κ1) is 24.0. The number of ether oxygens (including phenoxy) is 3. The van der Waals surface area contributed by atoms with Crippen molar-refractivity contribution < 1.29 is 19.0 Å². The van der Waals surface area contributed by atoms with Gasteiger partial charge in [-0.15, -0.1) is 0 Å². The van der Waals surface area contributed by atoms with Crippen LogP contribution in [0.5, 0.6) is 17.2 Å². The molecule has 6 rings (SSSR count). The lowest BCUT2D eigenvalue weighted by molar-refractivity contribution is 0.0954. The fraction of sp³-hybridized carbons (Fsp3) is 0.0645. The number of nitrogens with zero attached hydrogens (tertiary/aromatic N) is 3. The number of rotatable bonds is 8. The Kier molecular flexibility index (Phi) is 6.73. The molecule has 0 radical (unpaired) electrons. The summed E-state index contributed by atoms with van der Waals surface area (Å²) in [6.07, 6.45) is 3.47. The normalized spacial score (nSPS) is 12.0. The van der Waals surface area contributed by atoms with Crippen LogP contribution < -0.4 is 19.6 Å².